The topological polar surface area (TPSA) is 17.8 Å². The minimum atomic E-state index is -0.218. The molecule has 3 heteroatoms. The summed E-state index contributed by atoms with van der Waals surface area (Å²) in [7, 11) is 0. The summed E-state index contributed by atoms with van der Waals surface area (Å²) in [5, 5.41) is 0. The van der Waals surface area contributed by atoms with Crippen LogP contribution in [0.3, 0.4) is 0 Å². The Labute approximate surface area is 81.3 Å². The monoisotopic (exact) mass is 188 g/mol. The maximum absolute atomic E-state index is 12.6. The number of rotatable bonds is 2. The Hall–Kier alpha value is -1.90. The Morgan fingerprint density at radius 2 is 2.00 bits per heavy atom. The third-order valence-corrected chi connectivity index (χ3v) is 1.83. The molecule has 0 aliphatic heterocycles. The summed E-state index contributed by atoms with van der Waals surface area (Å²) in [6.07, 6.45) is 8.98. The van der Waals surface area contributed by atoms with E-state index in [9.17, 15) is 4.39 Å². The molecule has 1 heterocycles. The van der Waals surface area contributed by atoms with E-state index in [0.717, 1.165) is 5.56 Å². The quantitative estimate of drug-likeness (QED) is 0.708. The molecule has 0 atom stereocenters. The molecule has 0 bridgehead atoms. The van der Waals surface area contributed by atoms with Crippen LogP contribution in [0, 0.1) is 5.82 Å². The Kier molecular flexibility index (Phi) is 2.40. The fraction of sp³-hybridized carbons (Fsp3) is 0. The second-order valence-corrected chi connectivity index (χ2v) is 2.88. The van der Waals surface area contributed by atoms with Crippen LogP contribution in [0.2, 0.25) is 0 Å². The number of hydrogen-bond acceptors (Lipinski definition) is 1. The molecule has 0 radical (unpaired) electrons. The van der Waals surface area contributed by atoms with Crippen molar-refractivity contribution in [3.05, 3.63) is 54.4 Å². The van der Waals surface area contributed by atoms with E-state index in [-0.39, 0.29) is 5.82 Å². The maximum atomic E-state index is 12.6. The van der Waals surface area contributed by atoms with Gasteiger partial charge in [0.2, 0.25) is 0 Å². The van der Waals surface area contributed by atoms with Crippen molar-refractivity contribution in [2.24, 2.45) is 0 Å². The van der Waals surface area contributed by atoms with Crippen molar-refractivity contribution < 1.29 is 4.39 Å². The van der Waals surface area contributed by atoms with E-state index in [1.165, 1.54) is 12.1 Å². The van der Waals surface area contributed by atoms with Gasteiger partial charge in [0, 0.05) is 18.6 Å². The lowest BCUT2D eigenvalue weighted by atomic mass is 10.2. The molecule has 70 valence electrons. The number of nitrogens with zero attached hydrogens (tertiary/aromatic N) is 2. The first-order valence-corrected chi connectivity index (χ1v) is 4.26. The number of aromatic nitrogens is 2. The van der Waals surface area contributed by atoms with Crippen molar-refractivity contribution in [2.75, 3.05) is 0 Å². The molecule has 0 saturated heterocycles. The van der Waals surface area contributed by atoms with Crippen LogP contribution in [0.25, 0.3) is 12.3 Å². The summed E-state index contributed by atoms with van der Waals surface area (Å²) in [4.78, 5) is 3.90. The number of halogens is 1. The molecule has 1 aromatic heterocycles. The summed E-state index contributed by atoms with van der Waals surface area (Å²) in [6.45, 7) is 0. The van der Waals surface area contributed by atoms with Gasteiger partial charge in [-0.05, 0) is 23.8 Å². The molecule has 0 amide bonds. The molecule has 2 nitrogen and oxygen atoms in total. The van der Waals surface area contributed by atoms with Gasteiger partial charge in [-0.1, -0.05) is 12.1 Å². The van der Waals surface area contributed by atoms with Crippen LogP contribution >= 0.6 is 0 Å². The van der Waals surface area contributed by atoms with Gasteiger partial charge >= 0.3 is 0 Å². The van der Waals surface area contributed by atoms with Crippen molar-refractivity contribution in [2.45, 2.75) is 0 Å². The predicted octanol–water partition coefficient (Wildman–Crippen LogP) is 2.65. The first-order valence-electron chi connectivity index (χ1n) is 4.26. The first-order chi connectivity index (χ1) is 6.84. The standard InChI is InChI=1S/C11H9FN2/c12-11-3-1-10(2-4-11)5-7-14-8-6-13-9-14/h1-9H/b7-5+. The molecule has 2 rings (SSSR count). The fourth-order valence-corrected chi connectivity index (χ4v) is 1.10. The first kappa shape index (κ1) is 8.69. The lowest BCUT2D eigenvalue weighted by Crippen LogP contribution is -1.79. The third-order valence-electron chi connectivity index (χ3n) is 1.83. The minimum Gasteiger partial charge on any atom is -0.313 e. The van der Waals surface area contributed by atoms with Crippen molar-refractivity contribution in [3.63, 3.8) is 0 Å². The van der Waals surface area contributed by atoms with Gasteiger partial charge in [0.25, 0.3) is 0 Å². The number of imidazole rings is 1. The lowest BCUT2D eigenvalue weighted by molar-refractivity contribution is 0.628. The second kappa shape index (κ2) is 3.87. The highest BCUT2D eigenvalue weighted by Crippen LogP contribution is 2.05. The highest BCUT2D eigenvalue weighted by atomic mass is 19.1. The van der Waals surface area contributed by atoms with Crippen LogP contribution in [0.1, 0.15) is 5.56 Å². The van der Waals surface area contributed by atoms with Gasteiger partial charge in [0.1, 0.15) is 5.82 Å². The van der Waals surface area contributed by atoms with Crippen molar-refractivity contribution in [1.82, 2.24) is 9.55 Å². The van der Waals surface area contributed by atoms with E-state index >= 15 is 0 Å². The minimum absolute atomic E-state index is 0.218. The largest absolute Gasteiger partial charge is 0.313 e. The molecule has 2 aromatic rings. The second-order valence-electron chi connectivity index (χ2n) is 2.88. The molecular weight excluding hydrogens is 179 g/mol. The van der Waals surface area contributed by atoms with Crippen LogP contribution in [0.5, 0.6) is 0 Å². The average molecular weight is 188 g/mol. The normalized spacial score (nSPS) is 10.9. The van der Waals surface area contributed by atoms with E-state index in [1.807, 2.05) is 23.0 Å². The van der Waals surface area contributed by atoms with Gasteiger partial charge in [-0.2, -0.15) is 0 Å². The average Bonchev–Trinajstić information content (AvgIpc) is 2.70. The predicted molar refractivity (Wildman–Crippen MR) is 53.9 cm³/mol. The van der Waals surface area contributed by atoms with Crippen LogP contribution in [0.4, 0.5) is 4.39 Å². The Morgan fingerprint density at radius 3 is 2.64 bits per heavy atom. The smallest absolute Gasteiger partial charge is 0.123 e. The van der Waals surface area contributed by atoms with Gasteiger partial charge in [-0.3, -0.25) is 0 Å². The molecule has 0 aliphatic carbocycles. The third kappa shape index (κ3) is 2.07. The Morgan fingerprint density at radius 1 is 1.21 bits per heavy atom. The molecule has 0 unspecified atom stereocenters. The van der Waals surface area contributed by atoms with Gasteiger partial charge in [-0.25, -0.2) is 9.37 Å². The van der Waals surface area contributed by atoms with E-state index in [0.29, 0.717) is 0 Å². The highest BCUT2D eigenvalue weighted by Gasteiger charge is 1.88. The molecule has 0 spiro atoms. The van der Waals surface area contributed by atoms with Gasteiger partial charge in [-0.15, -0.1) is 0 Å². The van der Waals surface area contributed by atoms with E-state index < -0.39 is 0 Å². The van der Waals surface area contributed by atoms with Gasteiger partial charge in [0.05, 0.1) is 6.33 Å². The van der Waals surface area contributed by atoms with Crippen molar-refractivity contribution >= 4 is 12.3 Å². The maximum Gasteiger partial charge on any atom is 0.123 e. The zero-order valence-electron chi connectivity index (χ0n) is 7.47. The van der Waals surface area contributed by atoms with Crippen LogP contribution in [0.15, 0.2) is 43.0 Å². The van der Waals surface area contributed by atoms with Crippen molar-refractivity contribution in [1.29, 1.82) is 0 Å². The summed E-state index contributed by atoms with van der Waals surface area (Å²) in [5.41, 5.74) is 0.958. The molecule has 1 aromatic carbocycles. The fourth-order valence-electron chi connectivity index (χ4n) is 1.10. The SMILES string of the molecule is Fc1ccc(/C=C/n2ccnc2)cc1. The van der Waals surface area contributed by atoms with E-state index in [1.54, 1.807) is 24.7 Å². The zero-order valence-corrected chi connectivity index (χ0v) is 7.47. The van der Waals surface area contributed by atoms with Crippen LogP contribution in [-0.4, -0.2) is 9.55 Å². The lowest BCUT2D eigenvalue weighted by Gasteiger charge is -1.93. The summed E-state index contributed by atoms with van der Waals surface area (Å²) < 4.78 is 14.4. The molecule has 0 saturated carbocycles. The van der Waals surface area contributed by atoms with Gasteiger partial charge < -0.3 is 4.57 Å². The van der Waals surface area contributed by atoms with Crippen LogP contribution in [-0.2, 0) is 0 Å². The molecule has 0 N–H and O–H groups in total. The molecule has 0 fully saturated rings. The molecular formula is C11H9FN2. The van der Waals surface area contributed by atoms with Crippen molar-refractivity contribution in [3.8, 4) is 0 Å². The molecule has 0 aliphatic rings. The number of benzene rings is 1. The summed E-state index contributed by atoms with van der Waals surface area (Å²) >= 11 is 0. The van der Waals surface area contributed by atoms with Crippen LogP contribution < -0.4 is 0 Å². The summed E-state index contributed by atoms with van der Waals surface area (Å²) in [6, 6.07) is 6.33. The van der Waals surface area contributed by atoms with Gasteiger partial charge in [0.15, 0.2) is 0 Å². The number of hydrogen-bond donors (Lipinski definition) is 0. The van der Waals surface area contributed by atoms with E-state index in [2.05, 4.69) is 4.98 Å². The summed E-state index contributed by atoms with van der Waals surface area (Å²) in [5.74, 6) is -0.218. The Bertz CT molecular complexity index is 415. The highest BCUT2D eigenvalue weighted by molar-refractivity contribution is 5.60. The van der Waals surface area contributed by atoms with E-state index in [4.69, 9.17) is 0 Å². The zero-order chi connectivity index (χ0) is 9.80. The molecule has 14 heavy (non-hydrogen) atoms. The Balaban J connectivity index is 2.15.